The first-order valence-corrected chi connectivity index (χ1v) is 7.33. The minimum atomic E-state index is -1.08. The fraction of sp³-hybridized carbons (Fsp3) is 0.0588. The lowest BCUT2D eigenvalue weighted by Gasteiger charge is -2.04. The van der Waals surface area contributed by atoms with E-state index < -0.39 is 12.6 Å². The van der Waals surface area contributed by atoms with Gasteiger partial charge < -0.3 is 9.84 Å². The van der Waals surface area contributed by atoms with Crippen LogP contribution in [0, 0.1) is 0 Å². The monoisotopic (exact) mass is 350 g/mol. The first-order chi connectivity index (χ1) is 11.0. The summed E-state index contributed by atoms with van der Waals surface area (Å²) < 4.78 is 5.04. The van der Waals surface area contributed by atoms with Gasteiger partial charge in [0.05, 0.1) is 10.0 Å². The summed E-state index contributed by atoms with van der Waals surface area (Å²) >= 11 is 11.7. The number of allylic oxidation sites excluding steroid dienone is 1. The molecule has 0 bridgehead atoms. The van der Waals surface area contributed by atoms with Gasteiger partial charge in [0.1, 0.15) is 5.75 Å². The van der Waals surface area contributed by atoms with E-state index in [4.69, 9.17) is 33.0 Å². The standard InChI is InChI=1S/C17H12Cl2O4/c18-14-6-4-11(8-15(14)19)5-7-16(20)12-2-1-3-13(9-12)23-10-17(21)22/h1-9H,10H2,(H,21,22)/b7-5+. The second-order valence-electron chi connectivity index (χ2n) is 4.58. The molecule has 0 fully saturated rings. The van der Waals surface area contributed by atoms with Crippen LogP contribution in [-0.4, -0.2) is 23.5 Å². The third kappa shape index (κ3) is 5.13. The minimum absolute atomic E-state index is 0.239. The quantitative estimate of drug-likeness (QED) is 0.621. The van der Waals surface area contributed by atoms with Crippen LogP contribution in [0.15, 0.2) is 48.5 Å². The average Bonchev–Trinajstić information content (AvgIpc) is 2.54. The molecule has 0 aliphatic heterocycles. The number of carboxylic acids is 1. The molecule has 0 aliphatic rings. The molecule has 0 atom stereocenters. The summed E-state index contributed by atoms with van der Waals surface area (Å²) in [5.41, 5.74) is 1.13. The van der Waals surface area contributed by atoms with Crippen LogP contribution in [0.25, 0.3) is 6.08 Å². The highest BCUT2D eigenvalue weighted by Gasteiger charge is 2.05. The lowest BCUT2D eigenvalue weighted by molar-refractivity contribution is -0.139. The molecule has 0 aromatic heterocycles. The average molecular weight is 351 g/mol. The summed E-state index contributed by atoms with van der Waals surface area (Å²) in [7, 11) is 0. The van der Waals surface area contributed by atoms with Gasteiger partial charge in [-0.25, -0.2) is 4.79 Å². The Balaban J connectivity index is 2.10. The van der Waals surface area contributed by atoms with Gasteiger partial charge in [-0.3, -0.25) is 4.79 Å². The molecule has 0 saturated heterocycles. The van der Waals surface area contributed by atoms with Gasteiger partial charge in [0.2, 0.25) is 0 Å². The van der Waals surface area contributed by atoms with Gasteiger partial charge in [0.15, 0.2) is 12.4 Å². The number of benzene rings is 2. The molecular formula is C17H12Cl2O4. The van der Waals surface area contributed by atoms with Gasteiger partial charge in [-0.05, 0) is 35.9 Å². The van der Waals surface area contributed by atoms with E-state index in [2.05, 4.69) is 0 Å². The number of carbonyl (C=O) groups is 2. The third-order valence-corrected chi connectivity index (χ3v) is 3.59. The molecule has 2 aromatic carbocycles. The fourth-order valence-corrected chi connectivity index (χ4v) is 2.07. The molecule has 0 unspecified atom stereocenters. The number of aliphatic carboxylic acids is 1. The number of carboxylic acid groups (broad SMARTS) is 1. The van der Waals surface area contributed by atoms with E-state index in [0.717, 1.165) is 5.56 Å². The Morgan fingerprint density at radius 1 is 1.09 bits per heavy atom. The second kappa shape index (κ2) is 7.81. The summed E-state index contributed by atoms with van der Waals surface area (Å²) in [6, 6.07) is 11.4. The molecule has 0 spiro atoms. The smallest absolute Gasteiger partial charge is 0.341 e. The first-order valence-electron chi connectivity index (χ1n) is 6.58. The molecule has 6 heteroatoms. The summed E-state index contributed by atoms with van der Waals surface area (Å²) in [5, 5.41) is 9.43. The lowest BCUT2D eigenvalue weighted by Crippen LogP contribution is -2.09. The highest BCUT2D eigenvalue weighted by Crippen LogP contribution is 2.23. The van der Waals surface area contributed by atoms with E-state index in [0.29, 0.717) is 21.4 Å². The highest BCUT2D eigenvalue weighted by atomic mass is 35.5. The molecular weight excluding hydrogens is 339 g/mol. The van der Waals surface area contributed by atoms with Gasteiger partial charge in [0, 0.05) is 5.56 Å². The highest BCUT2D eigenvalue weighted by molar-refractivity contribution is 6.42. The zero-order valence-electron chi connectivity index (χ0n) is 11.8. The summed E-state index contributed by atoms with van der Waals surface area (Å²) in [4.78, 5) is 22.6. The van der Waals surface area contributed by atoms with E-state index in [1.54, 1.807) is 42.5 Å². The summed E-state index contributed by atoms with van der Waals surface area (Å²) in [6.45, 7) is -0.462. The van der Waals surface area contributed by atoms with Crippen LogP contribution in [0.5, 0.6) is 5.75 Å². The van der Waals surface area contributed by atoms with Crippen molar-refractivity contribution in [1.29, 1.82) is 0 Å². The summed E-state index contributed by atoms with van der Waals surface area (Å²) in [5.74, 6) is -1.00. The zero-order chi connectivity index (χ0) is 16.8. The number of ether oxygens (including phenoxy) is 1. The minimum Gasteiger partial charge on any atom is -0.482 e. The predicted octanol–water partition coefficient (Wildman–Crippen LogP) is 4.35. The first kappa shape index (κ1) is 17.1. The maximum atomic E-state index is 12.1. The van der Waals surface area contributed by atoms with E-state index >= 15 is 0 Å². The summed E-state index contributed by atoms with van der Waals surface area (Å²) in [6.07, 6.45) is 3.02. The van der Waals surface area contributed by atoms with Crippen molar-refractivity contribution in [1.82, 2.24) is 0 Å². The number of hydrogen-bond donors (Lipinski definition) is 1. The molecule has 0 aliphatic carbocycles. The SMILES string of the molecule is O=C(O)COc1cccc(C(=O)/C=C/c2ccc(Cl)c(Cl)c2)c1. The Morgan fingerprint density at radius 3 is 2.57 bits per heavy atom. The molecule has 0 heterocycles. The molecule has 0 radical (unpaired) electrons. The number of ketones is 1. The van der Waals surface area contributed by atoms with E-state index in [1.807, 2.05) is 0 Å². The predicted molar refractivity (Wildman–Crippen MR) is 89.4 cm³/mol. The van der Waals surface area contributed by atoms with Gasteiger partial charge >= 0.3 is 5.97 Å². The molecule has 1 N–H and O–H groups in total. The van der Waals surface area contributed by atoms with Crippen molar-refractivity contribution >= 4 is 41.0 Å². The molecule has 2 aromatic rings. The number of hydrogen-bond acceptors (Lipinski definition) is 3. The number of carbonyl (C=O) groups excluding carboxylic acids is 1. The third-order valence-electron chi connectivity index (χ3n) is 2.85. The van der Waals surface area contributed by atoms with Gasteiger partial charge in [-0.1, -0.05) is 47.5 Å². The maximum absolute atomic E-state index is 12.1. The van der Waals surface area contributed by atoms with E-state index in [1.165, 1.54) is 12.1 Å². The van der Waals surface area contributed by atoms with E-state index in [9.17, 15) is 9.59 Å². The van der Waals surface area contributed by atoms with Crippen molar-refractivity contribution in [3.8, 4) is 5.75 Å². The van der Waals surface area contributed by atoms with Crippen molar-refractivity contribution in [2.45, 2.75) is 0 Å². The van der Waals surface area contributed by atoms with Crippen LogP contribution in [-0.2, 0) is 4.79 Å². The van der Waals surface area contributed by atoms with Gasteiger partial charge in [-0.2, -0.15) is 0 Å². The molecule has 0 saturated carbocycles. The molecule has 4 nitrogen and oxygen atoms in total. The Kier molecular flexibility index (Phi) is 5.79. The number of rotatable bonds is 6. The van der Waals surface area contributed by atoms with Crippen LogP contribution >= 0.6 is 23.2 Å². The van der Waals surface area contributed by atoms with Crippen LogP contribution in [0.1, 0.15) is 15.9 Å². The van der Waals surface area contributed by atoms with Gasteiger partial charge in [-0.15, -0.1) is 0 Å². The van der Waals surface area contributed by atoms with Crippen LogP contribution in [0.3, 0.4) is 0 Å². The van der Waals surface area contributed by atoms with Gasteiger partial charge in [0.25, 0.3) is 0 Å². The van der Waals surface area contributed by atoms with Crippen molar-refractivity contribution in [3.63, 3.8) is 0 Å². The van der Waals surface area contributed by atoms with Crippen LogP contribution in [0.4, 0.5) is 0 Å². The molecule has 118 valence electrons. The van der Waals surface area contributed by atoms with Crippen LogP contribution < -0.4 is 4.74 Å². The Bertz CT molecular complexity index is 769. The lowest BCUT2D eigenvalue weighted by atomic mass is 10.1. The normalized spacial score (nSPS) is 10.7. The molecule has 23 heavy (non-hydrogen) atoms. The van der Waals surface area contributed by atoms with E-state index in [-0.39, 0.29) is 5.78 Å². The number of halogens is 2. The van der Waals surface area contributed by atoms with Crippen molar-refractivity contribution in [3.05, 3.63) is 69.7 Å². The van der Waals surface area contributed by atoms with Crippen LogP contribution in [0.2, 0.25) is 10.0 Å². The van der Waals surface area contributed by atoms with Crippen molar-refractivity contribution in [2.24, 2.45) is 0 Å². The molecule has 2 rings (SSSR count). The topological polar surface area (TPSA) is 63.6 Å². The second-order valence-corrected chi connectivity index (χ2v) is 5.40. The molecule has 0 amide bonds. The zero-order valence-corrected chi connectivity index (χ0v) is 13.3. The maximum Gasteiger partial charge on any atom is 0.341 e. The fourth-order valence-electron chi connectivity index (χ4n) is 1.77. The Labute approximate surface area is 142 Å². The van der Waals surface area contributed by atoms with Crippen molar-refractivity contribution in [2.75, 3.05) is 6.61 Å². The largest absolute Gasteiger partial charge is 0.482 e. The Hall–Kier alpha value is -2.30. The Morgan fingerprint density at radius 2 is 1.87 bits per heavy atom. The van der Waals surface area contributed by atoms with Crippen molar-refractivity contribution < 1.29 is 19.4 Å².